The van der Waals surface area contributed by atoms with Crippen LogP contribution >= 0.6 is 15.9 Å². The van der Waals surface area contributed by atoms with Crippen LogP contribution in [-0.4, -0.2) is 20.7 Å². The number of furan rings is 1. The molecule has 0 saturated heterocycles. The topological polar surface area (TPSA) is 73.0 Å². The van der Waals surface area contributed by atoms with E-state index < -0.39 is 0 Å². The van der Waals surface area contributed by atoms with Crippen molar-refractivity contribution in [1.29, 1.82) is 0 Å². The minimum Gasteiger partial charge on any atom is -0.454 e. The SMILES string of the molecule is Cc1cccnc1C(NC(=O)c1ccc(Cn2cc(Br)cn2)o1)C(C)C. The first-order valence-corrected chi connectivity index (χ1v) is 9.22. The number of carbonyl (C=O) groups excluding carboxylic acids is 1. The van der Waals surface area contributed by atoms with Crippen LogP contribution in [0.15, 0.2) is 51.7 Å². The molecule has 0 fully saturated rings. The van der Waals surface area contributed by atoms with Crippen molar-refractivity contribution in [3.63, 3.8) is 0 Å². The van der Waals surface area contributed by atoms with Gasteiger partial charge in [0.2, 0.25) is 0 Å². The van der Waals surface area contributed by atoms with Crippen molar-refractivity contribution in [2.24, 2.45) is 5.92 Å². The molecule has 0 aromatic carbocycles. The summed E-state index contributed by atoms with van der Waals surface area (Å²) >= 11 is 3.36. The summed E-state index contributed by atoms with van der Waals surface area (Å²) in [6.07, 6.45) is 5.30. The smallest absolute Gasteiger partial charge is 0.287 e. The first kappa shape index (κ1) is 18.4. The molecule has 0 bridgehead atoms. The number of aryl methyl sites for hydroxylation is 1. The Morgan fingerprint density at radius 2 is 2.15 bits per heavy atom. The molecule has 1 unspecified atom stereocenters. The summed E-state index contributed by atoms with van der Waals surface area (Å²) < 4.78 is 8.33. The number of aromatic nitrogens is 3. The van der Waals surface area contributed by atoms with Gasteiger partial charge >= 0.3 is 0 Å². The molecule has 3 rings (SSSR count). The van der Waals surface area contributed by atoms with Gasteiger partial charge in [-0.3, -0.25) is 14.5 Å². The predicted molar refractivity (Wildman–Crippen MR) is 102 cm³/mol. The first-order valence-electron chi connectivity index (χ1n) is 8.43. The number of nitrogens with zero attached hydrogens (tertiary/aromatic N) is 3. The summed E-state index contributed by atoms with van der Waals surface area (Å²) in [7, 11) is 0. The number of nitrogens with one attached hydrogen (secondary N) is 1. The van der Waals surface area contributed by atoms with Gasteiger partial charge in [-0.1, -0.05) is 19.9 Å². The summed E-state index contributed by atoms with van der Waals surface area (Å²) in [4.78, 5) is 17.1. The zero-order chi connectivity index (χ0) is 18.7. The van der Waals surface area contributed by atoms with Crippen LogP contribution in [0.3, 0.4) is 0 Å². The normalized spacial score (nSPS) is 12.3. The Labute approximate surface area is 160 Å². The largest absolute Gasteiger partial charge is 0.454 e. The third-order valence-electron chi connectivity index (χ3n) is 4.10. The minimum atomic E-state index is -0.248. The molecule has 0 saturated carbocycles. The van der Waals surface area contributed by atoms with Crippen molar-refractivity contribution >= 4 is 21.8 Å². The predicted octanol–water partition coefficient (Wildman–Crippen LogP) is 4.12. The van der Waals surface area contributed by atoms with E-state index in [1.165, 1.54) is 0 Å². The zero-order valence-electron chi connectivity index (χ0n) is 14.9. The zero-order valence-corrected chi connectivity index (χ0v) is 16.5. The molecule has 0 aliphatic rings. The highest BCUT2D eigenvalue weighted by molar-refractivity contribution is 9.10. The van der Waals surface area contributed by atoms with Crippen LogP contribution in [0.5, 0.6) is 0 Å². The Bertz CT molecular complexity index is 900. The molecule has 7 heteroatoms. The van der Waals surface area contributed by atoms with E-state index in [0.29, 0.717) is 12.3 Å². The highest BCUT2D eigenvalue weighted by Crippen LogP contribution is 2.23. The second kappa shape index (κ2) is 7.86. The fraction of sp³-hybridized carbons (Fsp3) is 0.316. The average molecular weight is 417 g/mol. The monoisotopic (exact) mass is 416 g/mol. The lowest BCUT2D eigenvalue weighted by Gasteiger charge is -2.22. The quantitative estimate of drug-likeness (QED) is 0.655. The molecular formula is C19H21BrN4O2. The van der Waals surface area contributed by atoms with Crippen LogP contribution in [0, 0.1) is 12.8 Å². The van der Waals surface area contributed by atoms with Crippen molar-refractivity contribution in [2.45, 2.75) is 33.4 Å². The third-order valence-corrected chi connectivity index (χ3v) is 4.51. The van der Waals surface area contributed by atoms with Gasteiger partial charge < -0.3 is 9.73 Å². The minimum absolute atomic E-state index is 0.181. The van der Waals surface area contributed by atoms with Gasteiger partial charge in [-0.05, 0) is 52.5 Å². The number of pyridine rings is 1. The fourth-order valence-electron chi connectivity index (χ4n) is 2.76. The molecule has 0 aliphatic heterocycles. The number of rotatable bonds is 6. The van der Waals surface area contributed by atoms with Crippen molar-refractivity contribution < 1.29 is 9.21 Å². The molecular weight excluding hydrogens is 396 g/mol. The summed E-state index contributed by atoms with van der Waals surface area (Å²) in [5.41, 5.74) is 1.93. The first-order chi connectivity index (χ1) is 12.4. The summed E-state index contributed by atoms with van der Waals surface area (Å²) in [6.45, 7) is 6.58. The van der Waals surface area contributed by atoms with Crippen molar-refractivity contribution in [3.8, 4) is 0 Å². The van der Waals surface area contributed by atoms with Crippen molar-refractivity contribution in [2.75, 3.05) is 0 Å². The number of halogens is 1. The highest BCUT2D eigenvalue weighted by Gasteiger charge is 2.23. The maximum absolute atomic E-state index is 12.7. The Kier molecular flexibility index (Phi) is 5.56. The summed E-state index contributed by atoms with van der Waals surface area (Å²) in [6, 6.07) is 7.19. The van der Waals surface area contributed by atoms with Gasteiger partial charge in [0.25, 0.3) is 5.91 Å². The highest BCUT2D eigenvalue weighted by atomic mass is 79.9. The molecule has 3 heterocycles. The maximum Gasteiger partial charge on any atom is 0.287 e. The third kappa shape index (κ3) is 4.22. The van der Waals surface area contributed by atoms with Crippen LogP contribution < -0.4 is 5.32 Å². The second-order valence-corrected chi connectivity index (χ2v) is 7.44. The van der Waals surface area contributed by atoms with E-state index in [1.54, 1.807) is 29.2 Å². The van der Waals surface area contributed by atoms with Crippen LogP contribution in [0.25, 0.3) is 0 Å². The molecule has 26 heavy (non-hydrogen) atoms. The standard InChI is InChI=1S/C19H21BrN4O2/c1-12(2)17(18-13(3)5-4-8-21-18)23-19(25)16-7-6-15(26-16)11-24-10-14(20)9-22-24/h4-10,12,17H,11H2,1-3H3,(H,23,25). The molecule has 3 aromatic heterocycles. The van der Waals surface area contributed by atoms with Crippen LogP contribution in [0.2, 0.25) is 0 Å². The molecule has 0 aliphatic carbocycles. The average Bonchev–Trinajstić information content (AvgIpc) is 3.22. The Balaban J connectivity index is 1.73. The van der Waals surface area contributed by atoms with Gasteiger partial charge in [-0.25, -0.2) is 0 Å². The van der Waals surface area contributed by atoms with Crippen LogP contribution in [0.1, 0.15) is 47.5 Å². The lowest BCUT2D eigenvalue weighted by atomic mass is 9.97. The molecule has 1 atom stereocenters. The molecule has 1 N–H and O–H groups in total. The van der Waals surface area contributed by atoms with Gasteiger partial charge in [0, 0.05) is 12.4 Å². The lowest BCUT2D eigenvalue weighted by Crippen LogP contribution is -2.32. The molecule has 136 valence electrons. The molecule has 0 spiro atoms. The summed E-state index contributed by atoms with van der Waals surface area (Å²) in [5.74, 6) is 0.899. The van der Waals surface area contributed by atoms with Gasteiger partial charge in [0.05, 0.1) is 29.0 Å². The van der Waals surface area contributed by atoms with E-state index in [2.05, 4.69) is 45.2 Å². The van der Waals surface area contributed by atoms with E-state index in [4.69, 9.17) is 4.42 Å². The van der Waals surface area contributed by atoms with Crippen LogP contribution in [-0.2, 0) is 6.54 Å². The maximum atomic E-state index is 12.7. The van der Waals surface area contributed by atoms with Gasteiger partial charge in [0.1, 0.15) is 5.76 Å². The van der Waals surface area contributed by atoms with Crippen molar-refractivity contribution in [1.82, 2.24) is 20.1 Å². The molecule has 0 radical (unpaired) electrons. The van der Waals surface area contributed by atoms with E-state index >= 15 is 0 Å². The number of hydrogen-bond acceptors (Lipinski definition) is 4. The lowest BCUT2D eigenvalue weighted by molar-refractivity contribution is 0.0894. The Morgan fingerprint density at radius 1 is 1.35 bits per heavy atom. The van der Waals surface area contributed by atoms with Gasteiger partial charge in [-0.2, -0.15) is 5.10 Å². The molecule has 6 nitrogen and oxygen atoms in total. The molecule has 1 amide bonds. The van der Waals surface area contributed by atoms with E-state index in [9.17, 15) is 4.79 Å². The summed E-state index contributed by atoms with van der Waals surface area (Å²) in [5, 5.41) is 7.23. The van der Waals surface area contributed by atoms with E-state index in [-0.39, 0.29) is 23.6 Å². The number of hydrogen-bond donors (Lipinski definition) is 1. The van der Waals surface area contributed by atoms with Crippen LogP contribution in [0.4, 0.5) is 0 Å². The van der Waals surface area contributed by atoms with E-state index in [0.717, 1.165) is 15.7 Å². The Morgan fingerprint density at radius 3 is 2.81 bits per heavy atom. The van der Waals surface area contributed by atoms with Crippen molar-refractivity contribution in [3.05, 3.63) is 70.1 Å². The Hall–Kier alpha value is -2.41. The number of carbonyl (C=O) groups is 1. The van der Waals surface area contributed by atoms with Gasteiger partial charge in [-0.15, -0.1) is 0 Å². The van der Waals surface area contributed by atoms with E-state index in [1.807, 2.05) is 25.3 Å². The van der Waals surface area contributed by atoms with Gasteiger partial charge in [0.15, 0.2) is 5.76 Å². The number of amides is 1. The second-order valence-electron chi connectivity index (χ2n) is 6.52. The molecule has 3 aromatic rings. The fourth-order valence-corrected chi connectivity index (χ4v) is 3.08.